The summed E-state index contributed by atoms with van der Waals surface area (Å²) in [7, 11) is 6.89. The maximum atomic E-state index is 13.4. The van der Waals surface area contributed by atoms with Crippen molar-refractivity contribution in [1.82, 2.24) is 9.80 Å². The number of aliphatic hydroxyl groups excluding tert-OH is 1. The third kappa shape index (κ3) is 5.91. The molecule has 39 heavy (non-hydrogen) atoms. The first-order valence-electron chi connectivity index (χ1n) is 12.7. The molecule has 1 unspecified atom stereocenters. The number of carbonyl (C=O) groups is 2. The third-order valence-corrected chi connectivity index (χ3v) is 6.76. The van der Waals surface area contributed by atoms with E-state index in [4.69, 9.17) is 14.2 Å². The molecular formula is C31H34N2O6. The van der Waals surface area contributed by atoms with Crippen molar-refractivity contribution in [2.75, 3.05) is 41.4 Å². The summed E-state index contributed by atoms with van der Waals surface area (Å²) < 4.78 is 16.9. The van der Waals surface area contributed by atoms with Gasteiger partial charge in [-0.3, -0.25) is 9.59 Å². The van der Waals surface area contributed by atoms with Crippen LogP contribution < -0.4 is 14.2 Å². The smallest absolute Gasteiger partial charge is 0.295 e. The molecule has 1 aliphatic heterocycles. The molecule has 0 saturated carbocycles. The molecule has 1 saturated heterocycles. The second-order valence-corrected chi connectivity index (χ2v) is 9.66. The van der Waals surface area contributed by atoms with E-state index in [2.05, 4.69) is 0 Å². The zero-order valence-electron chi connectivity index (χ0n) is 22.9. The summed E-state index contributed by atoms with van der Waals surface area (Å²) in [5.41, 5.74) is 2.85. The molecule has 0 bridgehead atoms. The van der Waals surface area contributed by atoms with Gasteiger partial charge in [0.05, 0.1) is 25.8 Å². The Morgan fingerprint density at radius 1 is 0.949 bits per heavy atom. The molecule has 1 N–H and O–H groups in total. The monoisotopic (exact) mass is 530 g/mol. The van der Waals surface area contributed by atoms with E-state index >= 15 is 0 Å². The molecule has 3 aromatic rings. The zero-order valence-corrected chi connectivity index (χ0v) is 22.9. The van der Waals surface area contributed by atoms with E-state index in [0.29, 0.717) is 53.6 Å². The average Bonchev–Trinajstić information content (AvgIpc) is 3.19. The number of hydrogen-bond acceptors (Lipinski definition) is 7. The number of likely N-dealkylation sites (tertiary alicyclic amines) is 1. The van der Waals surface area contributed by atoms with Crippen molar-refractivity contribution >= 4 is 17.4 Å². The molecule has 0 aromatic heterocycles. The fraction of sp³-hybridized carbons (Fsp3) is 0.290. The van der Waals surface area contributed by atoms with Crippen molar-refractivity contribution in [3.8, 4) is 17.2 Å². The number of carbonyl (C=O) groups excluding carboxylic acids is 2. The van der Waals surface area contributed by atoms with Crippen molar-refractivity contribution in [2.45, 2.75) is 19.6 Å². The van der Waals surface area contributed by atoms with Crippen LogP contribution in [-0.2, 0) is 16.2 Å². The molecule has 0 radical (unpaired) electrons. The van der Waals surface area contributed by atoms with Crippen LogP contribution in [-0.4, -0.2) is 68.0 Å². The van der Waals surface area contributed by atoms with Gasteiger partial charge < -0.3 is 29.1 Å². The van der Waals surface area contributed by atoms with E-state index in [9.17, 15) is 14.7 Å². The summed E-state index contributed by atoms with van der Waals surface area (Å²) in [5.74, 6) is 0.00784. The minimum atomic E-state index is -0.802. The van der Waals surface area contributed by atoms with E-state index in [-0.39, 0.29) is 11.3 Å². The first-order chi connectivity index (χ1) is 18.7. The molecule has 1 fully saturated rings. The Bertz CT molecular complexity index is 1380. The van der Waals surface area contributed by atoms with Crippen molar-refractivity contribution in [3.63, 3.8) is 0 Å². The van der Waals surface area contributed by atoms with Crippen LogP contribution in [0.2, 0.25) is 0 Å². The van der Waals surface area contributed by atoms with Gasteiger partial charge in [0.25, 0.3) is 11.7 Å². The van der Waals surface area contributed by atoms with Gasteiger partial charge in [-0.1, -0.05) is 36.4 Å². The largest absolute Gasteiger partial charge is 0.507 e. The maximum Gasteiger partial charge on any atom is 0.295 e. The van der Waals surface area contributed by atoms with Crippen LogP contribution in [0.4, 0.5) is 0 Å². The number of hydrogen-bond donors (Lipinski definition) is 1. The number of ether oxygens (including phenoxy) is 3. The first kappa shape index (κ1) is 27.7. The molecule has 8 nitrogen and oxygen atoms in total. The third-order valence-electron chi connectivity index (χ3n) is 6.76. The van der Waals surface area contributed by atoms with Gasteiger partial charge in [0.2, 0.25) is 0 Å². The molecule has 0 aliphatic carbocycles. The molecule has 1 amide bonds. The van der Waals surface area contributed by atoms with Crippen molar-refractivity contribution in [3.05, 3.63) is 94.6 Å². The van der Waals surface area contributed by atoms with Crippen molar-refractivity contribution in [1.29, 1.82) is 0 Å². The minimum absolute atomic E-state index is 0.0343. The molecule has 8 heteroatoms. The summed E-state index contributed by atoms with van der Waals surface area (Å²) in [5, 5.41) is 11.4. The van der Waals surface area contributed by atoms with E-state index in [0.717, 1.165) is 5.56 Å². The molecule has 0 spiro atoms. The summed E-state index contributed by atoms with van der Waals surface area (Å²) in [6, 6.07) is 19.5. The van der Waals surface area contributed by atoms with E-state index in [1.165, 1.54) is 12.0 Å². The van der Waals surface area contributed by atoms with Crippen LogP contribution in [0.25, 0.3) is 5.76 Å². The minimum Gasteiger partial charge on any atom is -0.507 e. The van der Waals surface area contributed by atoms with Crippen molar-refractivity contribution < 1.29 is 28.9 Å². The Labute approximate surface area is 229 Å². The van der Waals surface area contributed by atoms with Crippen LogP contribution in [0.3, 0.4) is 0 Å². The number of Topliss-reactive ketones (excluding diaryl/α,β-unsaturated/α-hetero) is 1. The Hall–Kier alpha value is -4.30. The summed E-state index contributed by atoms with van der Waals surface area (Å²) >= 11 is 0. The number of aliphatic hydroxyl groups is 1. The number of ketones is 1. The van der Waals surface area contributed by atoms with Gasteiger partial charge in [-0.15, -0.1) is 0 Å². The zero-order chi connectivity index (χ0) is 28.1. The number of likely N-dealkylation sites (N-methyl/N-ethyl adjacent to an activating group) is 1. The highest BCUT2D eigenvalue weighted by molar-refractivity contribution is 6.46. The van der Waals surface area contributed by atoms with E-state index in [1.807, 2.05) is 56.3 Å². The Kier molecular flexibility index (Phi) is 8.56. The summed E-state index contributed by atoms with van der Waals surface area (Å²) in [6.45, 7) is 3.01. The molecule has 4 rings (SSSR count). The van der Waals surface area contributed by atoms with Gasteiger partial charge >= 0.3 is 0 Å². The highest BCUT2D eigenvalue weighted by atomic mass is 16.5. The van der Waals surface area contributed by atoms with Crippen LogP contribution in [0, 0.1) is 6.92 Å². The van der Waals surface area contributed by atoms with E-state index in [1.54, 1.807) is 43.5 Å². The number of methoxy groups -OCH3 is 2. The topological polar surface area (TPSA) is 88.5 Å². The fourth-order valence-corrected chi connectivity index (χ4v) is 4.65. The molecular weight excluding hydrogens is 496 g/mol. The molecule has 1 aliphatic rings. The Balaban J connectivity index is 1.78. The SMILES string of the molecule is COc1ccc(C(O)=C2C(=O)C(=O)N(CCN(C)C)C2c2ccc(OCc3ccccc3)c(OC)c2)c(C)c1. The predicted molar refractivity (Wildman–Crippen MR) is 149 cm³/mol. The molecule has 1 atom stereocenters. The second kappa shape index (κ2) is 12.0. The number of rotatable bonds is 10. The highest BCUT2D eigenvalue weighted by Gasteiger charge is 2.46. The van der Waals surface area contributed by atoms with Gasteiger partial charge in [-0.05, 0) is 68.0 Å². The second-order valence-electron chi connectivity index (χ2n) is 9.66. The van der Waals surface area contributed by atoms with Gasteiger partial charge in [-0.2, -0.15) is 0 Å². The maximum absolute atomic E-state index is 13.4. The Morgan fingerprint density at radius 2 is 1.69 bits per heavy atom. The van der Waals surface area contributed by atoms with Gasteiger partial charge in [0.15, 0.2) is 11.5 Å². The van der Waals surface area contributed by atoms with E-state index < -0.39 is 17.7 Å². The normalized spacial score (nSPS) is 16.6. The molecule has 1 heterocycles. The lowest BCUT2D eigenvalue weighted by atomic mass is 9.93. The quantitative estimate of drug-likeness (QED) is 0.233. The van der Waals surface area contributed by atoms with Crippen molar-refractivity contribution in [2.24, 2.45) is 0 Å². The first-order valence-corrected chi connectivity index (χ1v) is 12.7. The van der Waals surface area contributed by atoms with Crippen LogP contribution >= 0.6 is 0 Å². The average molecular weight is 531 g/mol. The predicted octanol–water partition coefficient (Wildman–Crippen LogP) is 4.57. The highest BCUT2D eigenvalue weighted by Crippen LogP contribution is 2.42. The molecule has 204 valence electrons. The number of amides is 1. The summed E-state index contributed by atoms with van der Waals surface area (Å²) in [6.07, 6.45) is 0. The lowest BCUT2D eigenvalue weighted by Gasteiger charge is -2.27. The van der Waals surface area contributed by atoms with Gasteiger partial charge in [-0.25, -0.2) is 0 Å². The number of nitrogens with zero attached hydrogens (tertiary/aromatic N) is 2. The van der Waals surface area contributed by atoms with Crippen LogP contribution in [0.1, 0.15) is 28.3 Å². The van der Waals surface area contributed by atoms with Crippen LogP contribution in [0.5, 0.6) is 17.2 Å². The number of benzene rings is 3. The standard InChI is InChI=1S/C31H34N2O6/c1-20-17-23(37-4)12-13-24(20)29(34)27-28(33(16-15-32(2)3)31(36)30(27)35)22-11-14-25(26(18-22)38-5)39-19-21-9-7-6-8-10-21/h6-14,17-18,28,34H,15-16,19H2,1-5H3. The van der Waals surface area contributed by atoms with Crippen LogP contribution in [0.15, 0.2) is 72.3 Å². The molecule has 3 aromatic carbocycles. The lowest BCUT2D eigenvalue weighted by Crippen LogP contribution is -2.35. The number of aryl methyl sites for hydroxylation is 1. The lowest BCUT2D eigenvalue weighted by molar-refractivity contribution is -0.140. The summed E-state index contributed by atoms with van der Waals surface area (Å²) in [4.78, 5) is 30.1. The van der Waals surface area contributed by atoms with Gasteiger partial charge in [0, 0.05) is 18.7 Å². The van der Waals surface area contributed by atoms with Gasteiger partial charge in [0.1, 0.15) is 18.1 Å². The Morgan fingerprint density at radius 3 is 2.33 bits per heavy atom. The fourth-order valence-electron chi connectivity index (χ4n) is 4.65.